The lowest BCUT2D eigenvalue weighted by Gasteiger charge is -2.14. The van der Waals surface area contributed by atoms with E-state index in [2.05, 4.69) is 37.2 Å². The number of hydrogen-bond donors (Lipinski definition) is 1. The van der Waals surface area contributed by atoms with Gasteiger partial charge in [0.05, 0.1) is 19.9 Å². The number of methoxy groups -OCH3 is 2. The Morgan fingerprint density at radius 2 is 1.50 bits per heavy atom. The minimum absolute atomic E-state index is 0.648. The van der Waals surface area contributed by atoms with Crippen LogP contribution in [0.4, 0.5) is 5.69 Å². The monoisotopic (exact) mass is 399 g/mol. The Morgan fingerprint density at radius 3 is 2.15 bits per heavy atom. The zero-order chi connectivity index (χ0) is 14.5. The zero-order valence-electron chi connectivity index (χ0n) is 11.2. The van der Waals surface area contributed by atoms with Gasteiger partial charge in [-0.05, 0) is 36.4 Å². The second-order valence-electron chi connectivity index (χ2n) is 4.15. The molecule has 0 aliphatic heterocycles. The smallest absolute Gasteiger partial charge is 0.142 e. The van der Waals surface area contributed by atoms with E-state index in [-0.39, 0.29) is 0 Å². The second kappa shape index (κ2) is 6.99. The van der Waals surface area contributed by atoms with Gasteiger partial charge in [-0.3, -0.25) is 0 Å². The van der Waals surface area contributed by atoms with Crippen LogP contribution in [-0.4, -0.2) is 14.2 Å². The van der Waals surface area contributed by atoms with Crippen LogP contribution in [0.25, 0.3) is 0 Å². The predicted octanol–water partition coefficient (Wildman–Crippen LogP) is 4.84. The maximum Gasteiger partial charge on any atom is 0.142 e. The molecule has 0 aliphatic rings. The third kappa shape index (κ3) is 3.67. The van der Waals surface area contributed by atoms with Crippen molar-refractivity contribution in [1.29, 1.82) is 0 Å². The SMILES string of the molecule is COc1ccc(Br)cc1CNc1cc(Br)ccc1OC. The highest BCUT2D eigenvalue weighted by atomic mass is 79.9. The summed E-state index contributed by atoms with van der Waals surface area (Å²) in [4.78, 5) is 0. The first kappa shape index (κ1) is 15.2. The lowest BCUT2D eigenvalue weighted by atomic mass is 10.2. The van der Waals surface area contributed by atoms with Gasteiger partial charge < -0.3 is 14.8 Å². The van der Waals surface area contributed by atoms with E-state index in [9.17, 15) is 0 Å². The van der Waals surface area contributed by atoms with E-state index in [0.29, 0.717) is 6.54 Å². The molecular weight excluding hydrogens is 386 g/mol. The van der Waals surface area contributed by atoms with Gasteiger partial charge in [-0.25, -0.2) is 0 Å². The molecule has 5 heteroatoms. The number of benzene rings is 2. The standard InChI is InChI=1S/C15H15Br2NO2/c1-19-14-5-3-11(16)7-10(14)9-18-13-8-12(17)4-6-15(13)20-2/h3-8,18H,9H2,1-2H3. The summed E-state index contributed by atoms with van der Waals surface area (Å²) in [6, 6.07) is 11.8. The number of nitrogens with one attached hydrogen (secondary N) is 1. The molecule has 1 N–H and O–H groups in total. The Bertz CT molecular complexity index is 549. The molecule has 20 heavy (non-hydrogen) atoms. The molecule has 0 atom stereocenters. The molecule has 3 nitrogen and oxygen atoms in total. The van der Waals surface area contributed by atoms with E-state index >= 15 is 0 Å². The number of anilines is 1. The predicted molar refractivity (Wildman–Crippen MR) is 88.7 cm³/mol. The zero-order valence-corrected chi connectivity index (χ0v) is 14.4. The van der Waals surface area contributed by atoms with E-state index < -0.39 is 0 Å². The molecule has 0 saturated carbocycles. The molecule has 0 saturated heterocycles. The Kier molecular flexibility index (Phi) is 5.31. The molecule has 2 rings (SSSR count). The first-order chi connectivity index (χ1) is 9.63. The van der Waals surface area contributed by atoms with Crippen molar-refractivity contribution in [3.05, 3.63) is 50.9 Å². The van der Waals surface area contributed by atoms with Crippen LogP contribution in [-0.2, 0) is 6.54 Å². The van der Waals surface area contributed by atoms with E-state index in [4.69, 9.17) is 9.47 Å². The first-order valence-electron chi connectivity index (χ1n) is 6.04. The quantitative estimate of drug-likeness (QED) is 0.778. The van der Waals surface area contributed by atoms with E-state index in [1.165, 1.54) is 0 Å². The number of ether oxygens (including phenoxy) is 2. The van der Waals surface area contributed by atoms with Gasteiger partial charge >= 0.3 is 0 Å². The Balaban J connectivity index is 2.20. The fourth-order valence-corrected chi connectivity index (χ4v) is 2.66. The van der Waals surface area contributed by atoms with Gasteiger partial charge in [0.15, 0.2) is 0 Å². The molecule has 2 aromatic rings. The molecule has 0 fully saturated rings. The van der Waals surface area contributed by atoms with Crippen molar-refractivity contribution in [3.8, 4) is 11.5 Å². The summed E-state index contributed by atoms with van der Waals surface area (Å²) in [5, 5.41) is 3.37. The van der Waals surface area contributed by atoms with E-state index in [0.717, 1.165) is 31.7 Å². The molecule has 106 valence electrons. The fraction of sp³-hybridized carbons (Fsp3) is 0.200. The molecule has 0 bridgehead atoms. The van der Waals surface area contributed by atoms with Gasteiger partial charge in [0.2, 0.25) is 0 Å². The van der Waals surface area contributed by atoms with Crippen molar-refractivity contribution < 1.29 is 9.47 Å². The van der Waals surface area contributed by atoms with Gasteiger partial charge in [-0.1, -0.05) is 31.9 Å². The number of rotatable bonds is 5. The summed E-state index contributed by atoms with van der Waals surface area (Å²) in [5.74, 6) is 1.66. The summed E-state index contributed by atoms with van der Waals surface area (Å²) < 4.78 is 12.7. The highest BCUT2D eigenvalue weighted by Gasteiger charge is 2.07. The van der Waals surface area contributed by atoms with Crippen LogP contribution in [0.5, 0.6) is 11.5 Å². The van der Waals surface area contributed by atoms with Gasteiger partial charge in [-0.2, -0.15) is 0 Å². The van der Waals surface area contributed by atoms with E-state index in [1.807, 2.05) is 36.4 Å². The Labute approximate surface area is 135 Å². The molecule has 0 unspecified atom stereocenters. The van der Waals surface area contributed by atoms with Crippen LogP contribution in [0.1, 0.15) is 5.56 Å². The van der Waals surface area contributed by atoms with Crippen LogP contribution in [0.3, 0.4) is 0 Å². The maximum absolute atomic E-state index is 5.37. The third-order valence-corrected chi connectivity index (χ3v) is 3.86. The lowest BCUT2D eigenvalue weighted by molar-refractivity contribution is 0.409. The molecule has 0 heterocycles. The summed E-state index contributed by atoms with van der Waals surface area (Å²) in [6.07, 6.45) is 0. The Hall–Kier alpha value is -1.20. The van der Waals surface area contributed by atoms with Crippen molar-refractivity contribution in [2.24, 2.45) is 0 Å². The number of hydrogen-bond acceptors (Lipinski definition) is 3. The second-order valence-corrected chi connectivity index (χ2v) is 5.99. The normalized spacial score (nSPS) is 10.2. The lowest BCUT2D eigenvalue weighted by Crippen LogP contribution is -2.03. The molecule has 0 radical (unpaired) electrons. The highest BCUT2D eigenvalue weighted by Crippen LogP contribution is 2.30. The minimum atomic E-state index is 0.648. The van der Waals surface area contributed by atoms with Gasteiger partial charge in [0.25, 0.3) is 0 Å². The average molecular weight is 401 g/mol. The molecule has 0 amide bonds. The van der Waals surface area contributed by atoms with Crippen LogP contribution >= 0.6 is 31.9 Å². The fourth-order valence-electron chi connectivity index (χ4n) is 1.89. The summed E-state index contributed by atoms with van der Waals surface area (Å²) >= 11 is 6.94. The summed E-state index contributed by atoms with van der Waals surface area (Å²) in [5.41, 5.74) is 2.01. The van der Waals surface area contributed by atoms with Crippen LogP contribution in [0, 0.1) is 0 Å². The van der Waals surface area contributed by atoms with Crippen molar-refractivity contribution in [2.45, 2.75) is 6.54 Å². The van der Waals surface area contributed by atoms with Crippen molar-refractivity contribution >= 4 is 37.5 Å². The largest absolute Gasteiger partial charge is 0.496 e. The molecular formula is C15H15Br2NO2. The van der Waals surface area contributed by atoms with Crippen molar-refractivity contribution in [2.75, 3.05) is 19.5 Å². The van der Waals surface area contributed by atoms with Crippen LogP contribution in [0.15, 0.2) is 45.3 Å². The average Bonchev–Trinajstić information content (AvgIpc) is 2.45. The molecule has 0 aromatic heterocycles. The maximum atomic E-state index is 5.37. The first-order valence-corrected chi connectivity index (χ1v) is 7.62. The van der Waals surface area contributed by atoms with Gasteiger partial charge in [-0.15, -0.1) is 0 Å². The topological polar surface area (TPSA) is 30.5 Å². The number of halogens is 2. The van der Waals surface area contributed by atoms with Crippen LogP contribution < -0.4 is 14.8 Å². The molecule has 0 spiro atoms. The summed E-state index contributed by atoms with van der Waals surface area (Å²) in [7, 11) is 3.33. The van der Waals surface area contributed by atoms with E-state index in [1.54, 1.807) is 14.2 Å². The third-order valence-electron chi connectivity index (χ3n) is 2.87. The summed E-state index contributed by atoms with van der Waals surface area (Å²) in [6.45, 7) is 0.648. The minimum Gasteiger partial charge on any atom is -0.496 e. The van der Waals surface area contributed by atoms with Crippen LogP contribution in [0.2, 0.25) is 0 Å². The van der Waals surface area contributed by atoms with Gasteiger partial charge in [0, 0.05) is 21.1 Å². The van der Waals surface area contributed by atoms with Crippen molar-refractivity contribution in [1.82, 2.24) is 0 Å². The molecule has 0 aliphatic carbocycles. The highest BCUT2D eigenvalue weighted by molar-refractivity contribution is 9.10. The van der Waals surface area contributed by atoms with Gasteiger partial charge in [0.1, 0.15) is 11.5 Å². The Morgan fingerprint density at radius 1 is 0.900 bits per heavy atom. The van der Waals surface area contributed by atoms with Crippen molar-refractivity contribution in [3.63, 3.8) is 0 Å². The molecule has 2 aromatic carbocycles.